The van der Waals surface area contributed by atoms with E-state index in [4.69, 9.17) is 9.47 Å². The standard InChI is InChI=1S/C14H18BrNO3/c1-18-14(17)11-2-3-12(13(15)6-11)8-16-7-10-4-5-19-9-10/h2-3,6,10,16H,4-5,7-9H2,1H3. The lowest BCUT2D eigenvalue weighted by atomic mass is 10.1. The van der Waals surface area contributed by atoms with Crippen LogP contribution in [0.3, 0.4) is 0 Å². The van der Waals surface area contributed by atoms with Crippen molar-refractivity contribution in [3.05, 3.63) is 33.8 Å². The average Bonchev–Trinajstić information content (AvgIpc) is 2.93. The lowest BCUT2D eigenvalue weighted by Crippen LogP contribution is -2.22. The minimum absolute atomic E-state index is 0.316. The molecule has 1 saturated heterocycles. The number of hydrogen-bond donors (Lipinski definition) is 1. The fourth-order valence-corrected chi connectivity index (χ4v) is 2.61. The molecule has 1 atom stereocenters. The van der Waals surface area contributed by atoms with Crippen LogP contribution in [0, 0.1) is 5.92 Å². The van der Waals surface area contributed by atoms with E-state index in [-0.39, 0.29) is 5.97 Å². The highest BCUT2D eigenvalue weighted by Crippen LogP contribution is 2.19. The molecule has 0 aromatic heterocycles. The summed E-state index contributed by atoms with van der Waals surface area (Å²) in [7, 11) is 1.38. The van der Waals surface area contributed by atoms with Gasteiger partial charge in [-0.1, -0.05) is 22.0 Å². The van der Waals surface area contributed by atoms with Crippen LogP contribution >= 0.6 is 15.9 Å². The van der Waals surface area contributed by atoms with E-state index in [2.05, 4.69) is 21.2 Å². The van der Waals surface area contributed by atoms with Crippen LogP contribution in [-0.4, -0.2) is 32.8 Å². The van der Waals surface area contributed by atoms with Crippen molar-refractivity contribution in [1.82, 2.24) is 5.32 Å². The van der Waals surface area contributed by atoms with Gasteiger partial charge in [-0.15, -0.1) is 0 Å². The molecule has 0 amide bonds. The van der Waals surface area contributed by atoms with Crippen molar-refractivity contribution in [3.63, 3.8) is 0 Å². The molecule has 1 aliphatic heterocycles. The van der Waals surface area contributed by atoms with Gasteiger partial charge in [-0.2, -0.15) is 0 Å². The third-order valence-electron chi connectivity index (χ3n) is 3.25. The van der Waals surface area contributed by atoms with Gasteiger partial charge in [-0.05, 0) is 30.0 Å². The lowest BCUT2D eigenvalue weighted by molar-refractivity contribution is 0.0600. The Morgan fingerprint density at radius 2 is 2.42 bits per heavy atom. The van der Waals surface area contributed by atoms with Crippen LogP contribution in [0.1, 0.15) is 22.3 Å². The van der Waals surface area contributed by atoms with Gasteiger partial charge in [0.05, 0.1) is 19.3 Å². The molecule has 4 nitrogen and oxygen atoms in total. The Balaban J connectivity index is 1.87. The summed E-state index contributed by atoms with van der Waals surface area (Å²) in [6.45, 7) is 3.48. The fraction of sp³-hybridized carbons (Fsp3) is 0.500. The molecule has 1 fully saturated rings. The number of carbonyl (C=O) groups excluding carboxylic acids is 1. The molecule has 1 N–H and O–H groups in total. The van der Waals surface area contributed by atoms with Crippen molar-refractivity contribution in [2.45, 2.75) is 13.0 Å². The van der Waals surface area contributed by atoms with Crippen molar-refractivity contribution in [3.8, 4) is 0 Å². The number of carbonyl (C=O) groups is 1. The number of hydrogen-bond acceptors (Lipinski definition) is 4. The Morgan fingerprint density at radius 3 is 3.05 bits per heavy atom. The molecule has 104 valence electrons. The highest BCUT2D eigenvalue weighted by atomic mass is 79.9. The molecule has 0 radical (unpaired) electrons. The van der Waals surface area contributed by atoms with E-state index in [1.165, 1.54) is 7.11 Å². The van der Waals surface area contributed by atoms with Gasteiger partial charge in [0.2, 0.25) is 0 Å². The molecule has 1 aromatic rings. The predicted octanol–water partition coefficient (Wildman–Crippen LogP) is 2.36. The fourth-order valence-electron chi connectivity index (χ4n) is 2.09. The van der Waals surface area contributed by atoms with E-state index in [0.717, 1.165) is 42.8 Å². The largest absolute Gasteiger partial charge is 0.465 e. The van der Waals surface area contributed by atoms with Gasteiger partial charge in [-0.25, -0.2) is 4.79 Å². The number of halogens is 1. The molecule has 0 bridgehead atoms. The highest BCUT2D eigenvalue weighted by molar-refractivity contribution is 9.10. The van der Waals surface area contributed by atoms with E-state index < -0.39 is 0 Å². The molecular weight excluding hydrogens is 310 g/mol. The summed E-state index contributed by atoms with van der Waals surface area (Å²) in [5.74, 6) is 0.302. The number of methoxy groups -OCH3 is 1. The smallest absolute Gasteiger partial charge is 0.337 e. The van der Waals surface area contributed by atoms with Crippen molar-refractivity contribution in [2.75, 3.05) is 26.9 Å². The van der Waals surface area contributed by atoms with Gasteiger partial charge in [-0.3, -0.25) is 0 Å². The first-order valence-electron chi connectivity index (χ1n) is 6.36. The molecule has 0 saturated carbocycles. The minimum Gasteiger partial charge on any atom is -0.465 e. The summed E-state index contributed by atoms with van der Waals surface area (Å²) in [6, 6.07) is 5.52. The second kappa shape index (κ2) is 7.03. The van der Waals surface area contributed by atoms with E-state index in [1.54, 1.807) is 12.1 Å². The maximum Gasteiger partial charge on any atom is 0.337 e. The van der Waals surface area contributed by atoms with Crippen LogP contribution in [0.15, 0.2) is 22.7 Å². The van der Waals surface area contributed by atoms with Gasteiger partial charge in [0.15, 0.2) is 0 Å². The van der Waals surface area contributed by atoms with Crippen molar-refractivity contribution in [1.29, 1.82) is 0 Å². The van der Waals surface area contributed by atoms with Crippen molar-refractivity contribution in [2.24, 2.45) is 5.92 Å². The molecule has 0 aliphatic carbocycles. The van der Waals surface area contributed by atoms with Crippen molar-refractivity contribution < 1.29 is 14.3 Å². The van der Waals surface area contributed by atoms with E-state index in [0.29, 0.717) is 11.5 Å². The zero-order valence-corrected chi connectivity index (χ0v) is 12.5. The van der Waals surface area contributed by atoms with E-state index >= 15 is 0 Å². The van der Waals surface area contributed by atoms with Gasteiger partial charge >= 0.3 is 5.97 Å². The molecule has 1 unspecified atom stereocenters. The van der Waals surface area contributed by atoms with Crippen LogP contribution in [0.5, 0.6) is 0 Å². The first-order chi connectivity index (χ1) is 9.20. The predicted molar refractivity (Wildman–Crippen MR) is 76.1 cm³/mol. The second-order valence-electron chi connectivity index (χ2n) is 4.66. The molecule has 1 aromatic carbocycles. The van der Waals surface area contributed by atoms with Gasteiger partial charge in [0.25, 0.3) is 0 Å². The third kappa shape index (κ3) is 4.03. The summed E-state index contributed by atoms with van der Waals surface area (Å²) >= 11 is 3.49. The van der Waals surface area contributed by atoms with Crippen LogP contribution in [-0.2, 0) is 16.0 Å². The molecule has 2 rings (SSSR count). The van der Waals surface area contributed by atoms with Crippen LogP contribution in [0.4, 0.5) is 0 Å². The van der Waals surface area contributed by atoms with Gasteiger partial charge in [0.1, 0.15) is 0 Å². The summed E-state index contributed by atoms with van der Waals surface area (Å²) in [5.41, 5.74) is 1.69. The van der Waals surface area contributed by atoms with Crippen LogP contribution < -0.4 is 5.32 Å². The monoisotopic (exact) mass is 327 g/mol. The summed E-state index contributed by atoms with van der Waals surface area (Å²) < 4.78 is 10.9. The SMILES string of the molecule is COC(=O)c1ccc(CNCC2CCOC2)c(Br)c1. The summed E-state index contributed by atoms with van der Waals surface area (Å²) in [4.78, 5) is 11.4. The van der Waals surface area contributed by atoms with Crippen LogP contribution in [0.2, 0.25) is 0 Å². The second-order valence-corrected chi connectivity index (χ2v) is 5.51. The Morgan fingerprint density at radius 1 is 1.58 bits per heavy atom. The van der Waals surface area contributed by atoms with Gasteiger partial charge < -0.3 is 14.8 Å². The Hall–Kier alpha value is -0.910. The minimum atomic E-state index is -0.316. The average molecular weight is 328 g/mol. The molecular formula is C14H18BrNO3. The third-order valence-corrected chi connectivity index (χ3v) is 3.98. The quantitative estimate of drug-likeness (QED) is 0.843. The zero-order valence-electron chi connectivity index (χ0n) is 10.9. The van der Waals surface area contributed by atoms with Crippen molar-refractivity contribution >= 4 is 21.9 Å². The van der Waals surface area contributed by atoms with E-state index in [9.17, 15) is 4.79 Å². The zero-order chi connectivity index (χ0) is 13.7. The summed E-state index contributed by atoms with van der Waals surface area (Å²) in [6.07, 6.45) is 1.13. The molecule has 19 heavy (non-hydrogen) atoms. The molecule has 1 heterocycles. The number of rotatable bonds is 5. The van der Waals surface area contributed by atoms with Gasteiger partial charge in [0, 0.05) is 24.2 Å². The Kier molecular flexibility index (Phi) is 5.36. The maximum absolute atomic E-state index is 11.4. The molecule has 1 aliphatic rings. The lowest BCUT2D eigenvalue weighted by Gasteiger charge is -2.11. The normalized spacial score (nSPS) is 18.5. The maximum atomic E-state index is 11.4. The first-order valence-corrected chi connectivity index (χ1v) is 7.15. The number of benzene rings is 1. The number of nitrogens with one attached hydrogen (secondary N) is 1. The topological polar surface area (TPSA) is 47.6 Å². The molecule has 5 heteroatoms. The Bertz CT molecular complexity index is 444. The van der Waals surface area contributed by atoms with E-state index in [1.807, 2.05) is 6.07 Å². The van der Waals surface area contributed by atoms with Crippen LogP contribution in [0.25, 0.3) is 0 Å². The first kappa shape index (κ1) is 14.5. The Labute approximate surface area is 121 Å². The number of ether oxygens (including phenoxy) is 2. The summed E-state index contributed by atoms with van der Waals surface area (Å²) in [5, 5.41) is 3.42. The molecule has 0 spiro atoms. The highest BCUT2D eigenvalue weighted by Gasteiger charge is 2.15. The number of esters is 1.